The van der Waals surface area contributed by atoms with Gasteiger partial charge in [0, 0.05) is 40.8 Å². The van der Waals surface area contributed by atoms with Crippen LogP contribution in [0.4, 0.5) is 10.1 Å². The van der Waals surface area contributed by atoms with Gasteiger partial charge in [0.25, 0.3) is 5.91 Å². The first-order valence-electron chi connectivity index (χ1n) is 10.4. The number of carbonyl (C=O) groups excluding carboxylic acids is 1. The van der Waals surface area contributed by atoms with Crippen LogP contribution in [0.15, 0.2) is 66.6 Å². The third-order valence-corrected chi connectivity index (χ3v) is 5.60. The predicted molar refractivity (Wildman–Crippen MR) is 122 cm³/mol. The maximum absolute atomic E-state index is 14.6. The number of fused-ring (bicyclic) bond motifs is 1. The van der Waals surface area contributed by atoms with Crippen LogP contribution in [0, 0.1) is 18.2 Å². The first kappa shape index (κ1) is 20.1. The summed E-state index contributed by atoms with van der Waals surface area (Å²) in [6.07, 6.45) is 7.87. The average Bonchev–Trinajstić information content (AvgIpc) is 3.16. The van der Waals surface area contributed by atoms with Gasteiger partial charge in [0.2, 0.25) is 0 Å². The fourth-order valence-corrected chi connectivity index (χ4v) is 4.01. The molecule has 5 rings (SSSR count). The van der Waals surface area contributed by atoms with Crippen molar-refractivity contribution >= 4 is 22.6 Å². The van der Waals surface area contributed by atoms with Crippen LogP contribution in [0.25, 0.3) is 28.0 Å². The monoisotopic (exact) mass is 427 g/mol. The summed E-state index contributed by atoms with van der Waals surface area (Å²) >= 11 is 0. The van der Waals surface area contributed by atoms with Crippen LogP contribution in [0.5, 0.6) is 0 Å². The zero-order chi connectivity index (χ0) is 22.5. The van der Waals surface area contributed by atoms with Crippen LogP contribution in [-0.4, -0.2) is 25.7 Å². The molecule has 3 heterocycles. The number of benzene rings is 1. The van der Waals surface area contributed by atoms with Crippen molar-refractivity contribution in [2.24, 2.45) is 5.41 Å². The lowest BCUT2D eigenvalue weighted by molar-refractivity contribution is -0.113. The summed E-state index contributed by atoms with van der Waals surface area (Å²) in [7, 11) is 0. The number of hydrogen-bond donors (Lipinski definition) is 1. The van der Waals surface area contributed by atoms with Crippen LogP contribution < -0.4 is 5.32 Å². The topological polar surface area (TPSA) is 72.7 Å². The van der Waals surface area contributed by atoms with E-state index in [9.17, 15) is 9.18 Å². The number of nitrogens with zero attached hydrogens (tertiary/aromatic N) is 4. The molecule has 3 aromatic heterocycles. The van der Waals surface area contributed by atoms with Gasteiger partial charge in [-0.2, -0.15) is 0 Å². The Labute approximate surface area is 184 Å². The lowest BCUT2D eigenvalue weighted by Gasteiger charge is -2.31. The molecule has 4 aromatic rings. The molecule has 0 radical (unpaired) electrons. The standard InChI is InChI=1S/C25H22FN5O/c1-15-5-4-8-27-22(15)16-9-17-14-31(30-23(17)28-13-16)21-10-19(6-7-20(21)26)29-24(32)18-11-25(2,3)12-18/h4-11,13-14H,12H2,1-3H3,(H,29,32). The van der Waals surface area contributed by atoms with E-state index < -0.39 is 5.82 Å². The first-order valence-corrected chi connectivity index (χ1v) is 10.4. The second kappa shape index (κ2) is 7.37. The van der Waals surface area contributed by atoms with E-state index in [4.69, 9.17) is 0 Å². The average molecular weight is 427 g/mol. The van der Waals surface area contributed by atoms with Gasteiger partial charge in [0.15, 0.2) is 5.65 Å². The first-order chi connectivity index (χ1) is 15.3. The summed E-state index contributed by atoms with van der Waals surface area (Å²) in [4.78, 5) is 21.3. The van der Waals surface area contributed by atoms with Crippen molar-refractivity contribution in [3.63, 3.8) is 0 Å². The van der Waals surface area contributed by atoms with Crippen molar-refractivity contribution in [1.82, 2.24) is 19.7 Å². The number of anilines is 1. The van der Waals surface area contributed by atoms with E-state index in [1.165, 1.54) is 10.7 Å². The highest BCUT2D eigenvalue weighted by Gasteiger charge is 2.30. The number of rotatable bonds is 4. The van der Waals surface area contributed by atoms with Crippen molar-refractivity contribution in [3.8, 4) is 16.9 Å². The fraction of sp³-hybridized carbons (Fsp3) is 0.200. The molecule has 1 N–H and O–H groups in total. The molecule has 160 valence electrons. The van der Waals surface area contributed by atoms with Gasteiger partial charge in [-0.25, -0.2) is 14.1 Å². The number of pyridine rings is 2. The maximum atomic E-state index is 14.6. The van der Waals surface area contributed by atoms with E-state index in [-0.39, 0.29) is 17.0 Å². The number of allylic oxidation sites excluding steroid dienone is 1. The molecule has 0 saturated heterocycles. The minimum Gasteiger partial charge on any atom is -0.322 e. The molecule has 7 heteroatoms. The molecule has 1 aliphatic rings. The van der Waals surface area contributed by atoms with Crippen molar-refractivity contribution in [2.45, 2.75) is 27.2 Å². The van der Waals surface area contributed by atoms with E-state index in [1.54, 1.807) is 30.7 Å². The summed E-state index contributed by atoms with van der Waals surface area (Å²) in [6, 6.07) is 10.3. The van der Waals surface area contributed by atoms with Gasteiger partial charge in [0.05, 0.1) is 5.69 Å². The number of amides is 1. The van der Waals surface area contributed by atoms with Gasteiger partial charge in [0.1, 0.15) is 11.5 Å². The van der Waals surface area contributed by atoms with Gasteiger partial charge >= 0.3 is 0 Å². The maximum Gasteiger partial charge on any atom is 0.251 e. The van der Waals surface area contributed by atoms with E-state index in [0.29, 0.717) is 11.3 Å². The van der Waals surface area contributed by atoms with Crippen molar-refractivity contribution in [2.75, 3.05) is 5.32 Å². The van der Waals surface area contributed by atoms with E-state index in [1.807, 2.05) is 31.2 Å². The highest BCUT2D eigenvalue weighted by atomic mass is 19.1. The second-order valence-corrected chi connectivity index (χ2v) is 8.83. The summed E-state index contributed by atoms with van der Waals surface area (Å²) in [5, 5.41) is 8.04. The minimum absolute atomic E-state index is 0.0511. The lowest BCUT2D eigenvalue weighted by Crippen LogP contribution is -2.28. The highest BCUT2D eigenvalue weighted by molar-refractivity contribution is 6.05. The summed E-state index contributed by atoms with van der Waals surface area (Å²) in [6.45, 7) is 6.15. The number of aromatic nitrogens is 4. The Bertz CT molecular complexity index is 1400. The zero-order valence-corrected chi connectivity index (χ0v) is 18.1. The highest BCUT2D eigenvalue weighted by Crippen LogP contribution is 2.38. The Morgan fingerprint density at radius 3 is 2.75 bits per heavy atom. The zero-order valence-electron chi connectivity index (χ0n) is 18.1. The van der Waals surface area contributed by atoms with Crippen molar-refractivity contribution in [3.05, 3.63) is 78.0 Å². The Balaban J connectivity index is 1.46. The molecule has 0 unspecified atom stereocenters. The minimum atomic E-state index is -0.444. The molecule has 1 amide bonds. The smallest absolute Gasteiger partial charge is 0.251 e. The molecule has 0 spiro atoms. The number of hydrogen-bond acceptors (Lipinski definition) is 4. The van der Waals surface area contributed by atoms with Gasteiger partial charge in [-0.05, 0) is 54.7 Å². The van der Waals surface area contributed by atoms with E-state index in [0.717, 1.165) is 34.2 Å². The SMILES string of the molecule is Cc1cccnc1-c1cnc2nn(-c3cc(NC(=O)C4=CC(C)(C)C4)ccc3F)cc2c1. The third kappa shape index (κ3) is 3.66. The fourth-order valence-electron chi connectivity index (χ4n) is 4.01. The number of nitrogens with one attached hydrogen (secondary N) is 1. The number of aryl methyl sites for hydroxylation is 1. The quantitative estimate of drug-likeness (QED) is 0.484. The number of halogens is 1. The molecule has 1 aromatic carbocycles. The molecular formula is C25H22FN5O. The lowest BCUT2D eigenvalue weighted by atomic mass is 9.74. The summed E-state index contributed by atoms with van der Waals surface area (Å²) in [5.41, 5.74) is 4.79. The second-order valence-electron chi connectivity index (χ2n) is 8.83. The van der Waals surface area contributed by atoms with Gasteiger partial charge in [-0.1, -0.05) is 26.0 Å². The molecule has 6 nitrogen and oxygen atoms in total. The largest absolute Gasteiger partial charge is 0.322 e. The molecule has 0 bridgehead atoms. The molecule has 1 aliphatic carbocycles. The number of carbonyl (C=O) groups is 1. The normalized spacial score (nSPS) is 14.7. The van der Waals surface area contributed by atoms with Gasteiger partial charge < -0.3 is 5.32 Å². The molecular weight excluding hydrogens is 405 g/mol. The molecule has 0 aliphatic heterocycles. The van der Waals surface area contributed by atoms with Gasteiger partial charge in [-0.15, -0.1) is 5.10 Å². The van der Waals surface area contributed by atoms with Crippen LogP contribution in [0.2, 0.25) is 0 Å². The van der Waals surface area contributed by atoms with Crippen LogP contribution >= 0.6 is 0 Å². The molecule has 0 atom stereocenters. The van der Waals surface area contributed by atoms with Crippen LogP contribution in [-0.2, 0) is 4.79 Å². The molecule has 32 heavy (non-hydrogen) atoms. The Hall–Kier alpha value is -3.87. The molecule has 0 saturated carbocycles. The predicted octanol–water partition coefficient (Wildman–Crippen LogP) is 5.22. The summed E-state index contributed by atoms with van der Waals surface area (Å²) < 4.78 is 16.1. The van der Waals surface area contributed by atoms with E-state index in [2.05, 4.69) is 34.2 Å². The van der Waals surface area contributed by atoms with Crippen LogP contribution in [0.1, 0.15) is 25.8 Å². The van der Waals surface area contributed by atoms with Crippen LogP contribution in [0.3, 0.4) is 0 Å². The Morgan fingerprint density at radius 1 is 1.19 bits per heavy atom. The van der Waals surface area contributed by atoms with Crippen molar-refractivity contribution in [1.29, 1.82) is 0 Å². The van der Waals surface area contributed by atoms with Gasteiger partial charge in [-0.3, -0.25) is 9.78 Å². The third-order valence-electron chi connectivity index (χ3n) is 5.60. The Kier molecular flexibility index (Phi) is 4.62. The molecule has 0 fully saturated rings. The Morgan fingerprint density at radius 2 is 2.00 bits per heavy atom. The van der Waals surface area contributed by atoms with E-state index >= 15 is 0 Å². The van der Waals surface area contributed by atoms with Crippen molar-refractivity contribution < 1.29 is 9.18 Å². The summed E-state index contributed by atoms with van der Waals surface area (Å²) in [5.74, 6) is -0.606.